The number of hydrogen-bond acceptors (Lipinski definition) is 4. The topological polar surface area (TPSA) is 56.5 Å². The lowest BCUT2D eigenvalue weighted by molar-refractivity contribution is -0.0173. The maximum Gasteiger partial charge on any atom is 0.106 e. The van der Waals surface area contributed by atoms with Crippen LogP contribution in [0.5, 0.6) is 0 Å². The average Bonchev–Trinajstić information content (AvgIpc) is 2.85. The quantitative estimate of drug-likeness (QED) is 0.705. The van der Waals surface area contributed by atoms with Crippen LogP contribution in [0.15, 0.2) is 0 Å². The summed E-state index contributed by atoms with van der Waals surface area (Å²) in [6.45, 7) is 2.43. The maximum absolute atomic E-state index is 5.88. The van der Waals surface area contributed by atoms with Crippen LogP contribution in [-0.4, -0.2) is 44.6 Å². The normalized spacial score (nSPS) is 41.2. The molecule has 1 saturated heterocycles. The Morgan fingerprint density at radius 1 is 1.53 bits per heavy atom. The summed E-state index contributed by atoms with van der Waals surface area (Å²) in [5.41, 5.74) is 5.79. The first-order valence-corrected chi connectivity index (χ1v) is 5.86. The van der Waals surface area contributed by atoms with E-state index in [0.29, 0.717) is 12.1 Å². The highest BCUT2D eigenvalue weighted by Gasteiger charge is 2.35. The van der Waals surface area contributed by atoms with Gasteiger partial charge in [-0.3, -0.25) is 0 Å². The number of nitrogens with two attached hydrogens (primary N) is 1. The molecule has 0 aromatic heterocycles. The first kappa shape index (κ1) is 11.3. The van der Waals surface area contributed by atoms with E-state index in [2.05, 4.69) is 5.32 Å². The van der Waals surface area contributed by atoms with Gasteiger partial charge in [-0.2, -0.15) is 0 Å². The molecule has 1 saturated carbocycles. The molecule has 2 fully saturated rings. The molecule has 0 radical (unpaired) electrons. The monoisotopic (exact) mass is 214 g/mol. The van der Waals surface area contributed by atoms with Crippen LogP contribution in [0.2, 0.25) is 0 Å². The summed E-state index contributed by atoms with van der Waals surface area (Å²) >= 11 is 0. The van der Waals surface area contributed by atoms with E-state index in [0.717, 1.165) is 39.0 Å². The van der Waals surface area contributed by atoms with Crippen LogP contribution in [0.1, 0.15) is 25.7 Å². The second-order valence-corrected chi connectivity index (χ2v) is 4.84. The van der Waals surface area contributed by atoms with E-state index in [4.69, 9.17) is 15.2 Å². The van der Waals surface area contributed by atoms with Crippen molar-refractivity contribution in [1.82, 2.24) is 5.32 Å². The highest BCUT2D eigenvalue weighted by atomic mass is 16.5. The Labute approximate surface area is 91.5 Å². The predicted molar refractivity (Wildman–Crippen MR) is 58.8 cm³/mol. The highest BCUT2D eigenvalue weighted by molar-refractivity contribution is 4.90. The van der Waals surface area contributed by atoms with Gasteiger partial charge in [-0.15, -0.1) is 0 Å². The predicted octanol–water partition coefficient (Wildman–Crippen LogP) is 0.261. The van der Waals surface area contributed by atoms with Crippen molar-refractivity contribution in [2.45, 2.75) is 43.4 Å². The van der Waals surface area contributed by atoms with Crippen LogP contribution in [0.3, 0.4) is 0 Å². The van der Waals surface area contributed by atoms with Crippen molar-refractivity contribution in [1.29, 1.82) is 0 Å². The summed E-state index contributed by atoms with van der Waals surface area (Å²) < 4.78 is 11.0. The minimum absolute atomic E-state index is 0.0906. The fourth-order valence-electron chi connectivity index (χ4n) is 2.49. The van der Waals surface area contributed by atoms with Crippen molar-refractivity contribution in [2.24, 2.45) is 5.73 Å². The van der Waals surface area contributed by atoms with Gasteiger partial charge in [0.2, 0.25) is 0 Å². The van der Waals surface area contributed by atoms with Gasteiger partial charge >= 0.3 is 0 Å². The lowest BCUT2D eigenvalue weighted by atomic mass is 10.0. The first-order valence-electron chi connectivity index (χ1n) is 5.86. The Kier molecular flexibility index (Phi) is 3.61. The molecule has 1 aliphatic heterocycles. The van der Waals surface area contributed by atoms with Gasteiger partial charge in [0.1, 0.15) is 5.60 Å². The molecule has 3 N–H and O–H groups in total. The molecule has 2 rings (SSSR count). The largest absolute Gasteiger partial charge is 0.378 e. The van der Waals surface area contributed by atoms with Gasteiger partial charge in [-0.05, 0) is 19.3 Å². The van der Waals surface area contributed by atoms with E-state index in [1.165, 1.54) is 6.42 Å². The molecule has 0 amide bonds. The van der Waals surface area contributed by atoms with Crippen molar-refractivity contribution in [3.8, 4) is 0 Å². The second-order valence-electron chi connectivity index (χ2n) is 4.84. The van der Waals surface area contributed by atoms with Gasteiger partial charge in [0.25, 0.3) is 0 Å². The summed E-state index contributed by atoms with van der Waals surface area (Å²) in [5.74, 6) is 0. The van der Waals surface area contributed by atoms with Gasteiger partial charge in [0, 0.05) is 38.8 Å². The number of ether oxygens (including phenoxy) is 2. The fourth-order valence-corrected chi connectivity index (χ4v) is 2.49. The van der Waals surface area contributed by atoms with E-state index in [9.17, 15) is 0 Å². The van der Waals surface area contributed by atoms with Crippen LogP contribution in [0.4, 0.5) is 0 Å². The van der Waals surface area contributed by atoms with Gasteiger partial charge in [-0.1, -0.05) is 0 Å². The SMILES string of the molecule is COC1(CNC2CCC(N)C2)CCOC1. The molecule has 3 atom stereocenters. The Bertz CT molecular complexity index is 205. The Morgan fingerprint density at radius 3 is 2.93 bits per heavy atom. The van der Waals surface area contributed by atoms with Crippen LogP contribution in [0.25, 0.3) is 0 Å². The first-order chi connectivity index (χ1) is 7.24. The van der Waals surface area contributed by atoms with Gasteiger partial charge in [0.15, 0.2) is 0 Å². The fraction of sp³-hybridized carbons (Fsp3) is 1.00. The Balaban J connectivity index is 1.76. The zero-order valence-corrected chi connectivity index (χ0v) is 9.50. The van der Waals surface area contributed by atoms with Gasteiger partial charge < -0.3 is 20.5 Å². The van der Waals surface area contributed by atoms with Crippen molar-refractivity contribution in [2.75, 3.05) is 26.9 Å². The number of nitrogens with one attached hydrogen (secondary N) is 1. The molecule has 1 aliphatic carbocycles. The van der Waals surface area contributed by atoms with Crippen molar-refractivity contribution in [3.05, 3.63) is 0 Å². The second kappa shape index (κ2) is 4.78. The summed E-state index contributed by atoms with van der Waals surface area (Å²) in [5, 5.41) is 3.56. The molecule has 15 heavy (non-hydrogen) atoms. The van der Waals surface area contributed by atoms with Crippen LogP contribution in [0, 0.1) is 0 Å². The Hall–Kier alpha value is -0.160. The molecule has 88 valence electrons. The molecule has 3 unspecified atom stereocenters. The number of hydrogen-bond donors (Lipinski definition) is 2. The number of rotatable bonds is 4. The van der Waals surface area contributed by atoms with E-state index in [-0.39, 0.29) is 5.60 Å². The molecule has 4 nitrogen and oxygen atoms in total. The van der Waals surface area contributed by atoms with Crippen LogP contribution >= 0.6 is 0 Å². The summed E-state index contributed by atoms with van der Waals surface area (Å²) in [4.78, 5) is 0. The molecule has 0 aromatic rings. The zero-order chi connectivity index (χ0) is 10.7. The van der Waals surface area contributed by atoms with Crippen LogP contribution < -0.4 is 11.1 Å². The zero-order valence-electron chi connectivity index (χ0n) is 9.50. The molecule has 0 bridgehead atoms. The highest BCUT2D eigenvalue weighted by Crippen LogP contribution is 2.23. The minimum Gasteiger partial charge on any atom is -0.378 e. The van der Waals surface area contributed by atoms with Crippen molar-refractivity contribution >= 4 is 0 Å². The van der Waals surface area contributed by atoms with Gasteiger partial charge in [-0.25, -0.2) is 0 Å². The van der Waals surface area contributed by atoms with Crippen LogP contribution in [-0.2, 0) is 9.47 Å². The molecule has 4 heteroatoms. The standard InChI is InChI=1S/C11H22N2O2/c1-14-11(4-5-15-8-11)7-13-10-3-2-9(12)6-10/h9-10,13H,2-8,12H2,1H3. The van der Waals surface area contributed by atoms with E-state index in [1.807, 2.05) is 0 Å². The maximum atomic E-state index is 5.88. The van der Waals surface area contributed by atoms with Gasteiger partial charge in [0.05, 0.1) is 6.61 Å². The number of methoxy groups -OCH3 is 1. The lowest BCUT2D eigenvalue weighted by Gasteiger charge is -2.27. The molecule has 1 heterocycles. The van der Waals surface area contributed by atoms with Crippen molar-refractivity contribution < 1.29 is 9.47 Å². The summed E-state index contributed by atoms with van der Waals surface area (Å²) in [6.07, 6.45) is 4.44. The smallest absolute Gasteiger partial charge is 0.106 e. The summed E-state index contributed by atoms with van der Waals surface area (Å²) in [6, 6.07) is 0.966. The molecule has 0 aromatic carbocycles. The molecular weight excluding hydrogens is 192 g/mol. The Morgan fingerprint density at radius 2 is 2.40 bits per heavy atom. The third-order valence-corrected chi connectivity index (χ3v) is 3.69. The van der Waals surface area contributed by atoms with E-state index in [1.54, 1.807) is 7.11 Å². The molecule has 2 aliphatic rings. The third-order valence-electron chi connectivity index (χ3n) is 3.69. The van der Waals surface area contributed by atoms with E-state index >= 15 is 0 Å². The third kappa shape index (κ3) is 2.69. The summed E-state index contributed by atoms with van der Waals surface area (Å²) in [7, 11) is 1.77. The lowest BCUT2D eigenvalue weighted by Crippen LogP contribution is -2.46. The minimum atomic E-state index is -0.0906. The average molecular weight is 214 g/mol. The molecule has 0 spiro atoms. The molecular formula is C11H22N2O2. The van der Waals surface area contributed by atoms with E-state index < -0.39 is 0 Å². The van der Waals surface area contributed by atoms with Crippen molar-refractivity contribution in [3.63, 3.8) is 0 Å².